The maximum Gasteiger partial charge on any atom is 0.255 e. The summed E-state index contributed by atoms with van der Waals surface area (Å²) in [6, 6.07) is 5.14. The van der Waals surface area contributed by atoms with Crippen molar-refractivity contribution in [1.82, 2.24) is 5.32 Å². The van der Waals surface area contributed by atoms with E-state index in [1.165, 1.54) is 25.7 Å². The zero-order valence-electron chi connectivity index (χ0n) is 11.2. The summed E-state index contributed by atoms with van der Waals surface area (Å²) in [5.41, 5.74) is 7.24. The van der Waals surface area contributed by atoms with Crippen molar-refractivity contribution in [3.05, 3.63) is 23.8 Å². The molecule has 4 nitrogen and oxygen atoms in total. The van der Waals surface area contributed by atoms with Crippen molar-refractivity contribution in [1.29, 1.82) is 0 Å². The number of rotatable bonds is 5. The van der Waals surface area contributed by atoms with Crippen molar-refractivity contribution in [2.75, 3.05) is 19.4 Å². The molecular weight excluding hydrogens is 240 g/mol. The minimum atomic E-state index is -0.0870. The van der Waals surface area contributed by atoms with Gasteiger partial charge in [0.25, 0.3) is 5.91 Å². The van der Waals surface area contributed by atoms with E-state index in [2.05, 4.69) is 5.32 Å². The largest absolute Gasteiger partial charge is 0.496 e. The number of methoxy groups -OCH3 is 1. The molecule has 1 aromatic rings. The van der Waals surface area contributed by atoms with Gasteiger partial charge in [-0.15, -0.1) is 0 Å². The van der Waals surface area contributed by atoms with Crippen molar-refractivity contribution in [3.8, 4) is 5.75 Å². The van der Waals surface area contributed by atoms with Crippen LogP contribution in [-0.4, -0.2) is 19.6 Å². The van der Waals surface area contributed by atoms with Gasteiger partial charge in [-0.25, -0.2) is 0 Å². The SMILES string of the molecule is COc1ccc(N)cc1C(=O)NCC1(C2CC2)CC1. The highest BCUT2D eigenvalue weighted by atomic mass is 16.5. The van der Waals surface area contributed by atoms with Crippen LogP contribution >= 0.6 is 0 Å². The highest BCUT2D eigenvalue weighted by Gasteiger charge is 2.53. The summed E-state index contributed by atoms with van der Waals surface area (Å²) in [5, 5.41) is 3.05. The lowest BCUT2D eigenvalue weighted by molar-refractivity contribution is 0.0939. The number of anilines is 1. The van der Waals surface area contributed by atoms with E-state index in [-0.39, 0.29) is 5.91 Å². The van der Waals surface area contributed by atoms with Gasteiger partial charge in [0.05, 0.1) is 12.7 Å². The lowest BCUT2D eigenvalue weighted by Gasteiger charge is -2.16. The molecule has 19 heavy (non-hydrogen) atoms. The van der Waals surface area contributed by atoms with Crippen LogP contribution in [-0.2, 0) is 0 Å². The second kappa shape index (κ2) is 4.44. The highest BCUT2D eigenvalue weighted by Crippen LogP contribution is 2.60. The molecule has 0 saturated heterocycles. The van der Waals surface area contributed by atoms with Crippen LogP contribution in [0.5, 0.6) is 5.75 Å². The second-order valence-corrected chi connectivity index (χ2v) is 5.78. The molecule has 1 amide bonds. The fourth-order valence-corrected chi connectivity index (χ4v) is 2.84. The molecule has 4 heteroatoms. The minimum Gasteiger partial charge on any atom is -0.496 e. The van der Waals surface area contributed by atoms with Crippen LogP contribution < -0.4 is 15.8 Å². The molecule has 0 aliphatic heterocycles. The Kier molecular flexibility index (Phi) is 2.88. The van der Waals surface area contributed by atoms with Gasteiger partial charge in [-0.1, -0.05) is 0 Å². The number of nitrogen functional groups attached to an aromatic ring is 1. The van der Waals surface area contributed by atoms with Crippen LogP contribution in [0.4, 0.5) is 5.69 Å². The Morgan fingerprint density at radius 1 is 1.47 bits per heavy atom. The van der Waals surface area contributed by atoms with Crippen molar-refractivity contribution in [2.24, 2.45) is 11.3 Å². The molecule has 2 aliphatic rings. The summed E-state index contributed by atoms with van der Waals surface area (Å²) in [5.74, 6) is 1.33. The average Bonchev–Trinajstić information content (AvgIpc) is 3.28. The molecule has 0 atom stereocenters. The number of amides is 1. The lowest BCUT2D eigenvalue weighted by Crippen LogP contribution is -2.31. The van der Waals surface area contributed by atoms with E-state index in [0.29, 0.717) is 22.4 Å². The van der Waals surface area contributed by atoms with Gasteiger partial charge in [0.1, 0.15) is 5.75 Å². The van der Waals surface area contributed by atoms with E-state index in [9.17, 15) is 4.79 Å². The topological polar surface area (TPSA) is 64.3 Å². The Morgan fingerprint density at radius 3 is 2.79 bits per heavy atom. The van der Waals surface area contributed by atoms with Crippen LogP contribution in [0.15, 0.2) is 18.2 Å². The third-order valence-corrected chi connectivity index (χ3v) is 4.40. The molecule has 1 aromatic carbocycles. The Hall–Kier alpha value is -1.71. The maximum atomic E-state index is 12.2. The first-order valence-electron chi connectivity index (χ1n) is 6.86. The molecule has 3 N–H and O–H groups in total. The van der Waals surface area contributed by atoms with E-state index in [1.54, 1.807) is 25.3 Å². The maximum absolute atomic E-state index is 12.2. The zero-order valence-corrected chi connectivity index (χ0v) is 11.2. The first-order chi connectivity index (χ1) is 9.14. The predicted octanol–water partition coefficient (Wildman–Crippen LogP) is 2.20. The summed E-state index contributed by atoms with van der Waals surface area (Å²) < 4.78 is 5.21. The van der Waals surface area contributed by atoms with Crippen molar-refractivity contribution in [3.63, 3.8) is 0 Å². The number of nitrogens with one attached hydrogen (secondary N) is 1. The smallest absolute Gasteiger partial charge is 0.255 e. The minimum absolute atomic E-state index is 0.0870. The lowest BCUT2D eigenvalue weighted by atomic mass is 10.0. The van der Waals surface area contributed by atoms with Gasteiger partial charge in [0, 0.05) is 12.2 Å². The first kappa shape index (κ1) is 12.3. The Bertz CT molecular complexity index is 505. The molecule has 0 spiro atoms. The molecular formula is C15H20N2O2. The molecule has 102 valence electrons. The van der Waals surface area contributed by atoms with Gasteiger partial charge in [-0.2, -0.15) is 0 Å². The van der Waals surface area contributed by atoms with Crippen molar-refractivity contribution < 1.29 is 9.53 Å². The van der Waals surface area contributed by atoms with Gasteiger partial charge >= 0.3 is 0 Å². The van der Waals surface area contributed by atoms with Crippen LogP contribution in [0.25, 0.3) is 0 Å². The third kappa shape index (κ3) is 2.39. The second-order valence-electron chi connectivity index (χ2n) is 5.78. The normalized spacial score (nSPS) is 19.8. The van der Waals surface area contributed by atoms with Gasteiger partial charge in [0.2, 0.25) is 0 Å². The number of ether oxygens (including phenoxy) is 1. The van der Waals surface area contributed by atoms with Gasteiger partial charge in [-0.3, -0.25) is 4.79 Å². The zero-order chi connectivity index (χ0) is 13.5. The molecule has 2 saturated carbocycles. The number of hydrogen-bond acceptors (Lipinski definition) is 3. The number of nitrogens with two attached hydrogens (primary N) is 1. The summed E-state index contributed by atoms with van der Waals surface area (Å²) in [6.45, 7) is 0.786. The first-order valence-corrected chi connectivity index (χ1v) is 6.86. The van der Waals surface area contributed by atoms with Crippen LogP contribution in [0.3, 0.4) is 0 Å². The van der Waals surface area contributed by atoms with E-state index in [0.717, 1.165) is 12.5 Å². The van der Waals surface area contributed by atoms with Gasteiger partial charge in [0.15, 0.2) is 0 Å². The quantitative estimate of drug-likeness (QED) is 0.798. The third-order valence-electron chi connectivity index (χ3n) is 4.40. The summed E-state index contributed by atoms with van der Waals surface area (Å²) >= 11 is 0. The molecule has 0 heterocycles. The molecule has 0 unspecified atom stereocenters. The van der Waals surface area contributed by atoms with E-state index in [1.807, 2.05) is 0 Å². The number of hydrogen-bond donors (Lipinski definition) is 2. The highest BCUT2D eigenvalue weighted by molar-refractivity contribution is 5.97. The fraction of sp³-hybridized carbons (Fsp3) is 0.533. The van der Waals surface area contributed by atoms with Crippen molar-refractivity contribution in [2.45, 2.75) is 25.7 Å². The Balaban J connectivity index is 1.68. The number of carbonyl (C=O) groups excluding carboxylic acids is 1. The summed E-state index contributed by atoms with van der Waals surface area (Å²) in [6.07, 6.45) is 5.17. The molecule has 2 fully saturated rings. The average molecular weight is 260 g/mol. The molecule has 0 radical (unpaired) electrons. The summed E-state index contributed by atoms with van der Waals surface area (Å²) in [4.78, 5) is 12.2. The van der Waals surface area contributed by atoms with Gasteiger partial charge in [-0.05, 0) is 55.2 Å². The van der Waals surface area contributed by atoms with Crippen LogP contribution in [0, 0.1) is 11.3 Å². The molecule has 0 aromatic heterocycles. The fourth-order valence-electron chi connectivity index (χ4n) is 2.84. The summed E-state index contributed by atoms with van der Waals surface area (Å²) in [7, 11) is 1.56. The molecule has 2 aliphatic carbocycles. The van der Waals surface area contributed by atoms with Gasteiger partial charge < -0.3 is 15.8 Å². The Morgan fingerprint density at radius 2 is 2.21 bits per heavy atom. The number of benzene rings is 1. The van der Waals surface area contributed by atoms with E-state index >= 15 is 0 Å². The predicted molar refractivity (Wildman–Crippen MR) is 74.1 cm³/mol. The molecule has 3 rings (SSSR count). The van der Waals surface area contributed by atoms with Crippen LogP contribution in [0.1, 0.15) is 36.0 Å². The standard InChI is InChI=1S/C15H20N2O2/c1-19-13-5-4-11(16)8-12(13)14(18)17-9-15(6-7-15)10-2-3-10/h4-5,8,10H,2-3,6-7,9,16H2,1H3,(H,17,18). The monoisotopic (exact) mass is 260 g/mol. The molecule has 0 bridgehead atoms. The Labute approximate surface area is 113 Å². The van der Waals surface area contributed by atoms with Crippen molar-refractivity contribution >= 4 is 11.6 Å². The van der Waals surface area contributed by atoms with Crippen LogP contribution in [0.2, 0.25) is 0 Å². The van der Waals surface area contributed by atoms with E-state index in [4.69, 9.17) is 10.5 Å². The number of carbonyl (C=O) groups is 1. The van der Waals surface area contributed by atoms with E-state index < -0.39 is 0 Å².